The Kier molecular flexibility index (Phi) is 4.40. The van der Waals surface area contributed by atoms with E-state index in [-0.39, 0.29) is 34.0 Å². The van der Waals surface area contributed by atoms with Gasteiger partial charge in [-0.05, 0) is 25.0 Å². The third kappa shape index (κ3) is 3.06. The van der Waals surface area contributed by atoms with Crippen LogP contribution in [0.4, 0.5) is 0 Å². The van der Waals surface area contributed by atoms with E-state index in [1.807, 2.05) is 20.8 Å². The highest BCUT2D eigenvalue weighted by atomic mass is 35.5. The van der Waals surface area contributed by atoms with Crippen LogP contribution in [0, 0.1) is 0 Å². The van der Waals surface area contributed by atoms with Gasteiger partial charge in [0.25, 0.3) is 0 Å². The minimum absolute atomic E-state index is 0.0407. The molecule has 1 N–H and O–H groups in total. The maximum absolute atomic E-state index is 13.1. The van der Waals surface area contributed by atoms with Crippen LogP contribution in [0.1, 0.15) is 39.5 Å². The highest BCUT2D eigenvalue weighted by molar-refractivity contribution is 7.89. The summed E-state index contributed by atoms with van der Waals surface area (Å²) < 4.78 is 33.3. The SMILES string of the molecule is CC(C)(C)c1nc2ccc(Cl)c(S(=O)(=O)N3CCC(O)CC3)c2o1. The fourth-order valence-electron chi connectivity index (χ4n) is 2.72. The van der Waals surface area contributed by atoms with Crippen LogP contribution in [0.2, 0.25) is 5.02 Å². The molecule has 24 heavy (non-hydrogen) atoms. The Labute approximate surface area is 146 Å². The second-order valence-electron chi connectivity index (χ2n) is 7.13. The maximum atomic E-state index is 13.1. The van der Waals surface area contributed by atoms with Gasteiger partial charge < -0.3 is 9.52 Å². The van der Waals surface area contributed by atoms with Gasteiger partial charge in [-0.1, -0.05) is 32.4 Å². The molecule has 1 aliphatic rings. The third-order valence-electron chi connectivity index (χ3n) is 4.13. The van der Waals surface area contributed by atoms with Crippen molar-refractivity contribution in [2.45, 2.75) is 50.0 Å². The fraction of sp³-hybridized carbons (Fsp3) is 0.562. The minimum atomic E-state index is -3.82. The van der Waals surface area contributed by atoms with Crippen LogP contribution in [0.3, 0.4) is 0 Å². The Balaban J connectivity index is 2.14. The van der Waals surface area contributed by atoms with Crippen LogP contribution in [0.25, 0.3) is 11.1 Å². The Bertz CT molecular complexity index is 862. The number of rotatable bonds is 2. The van der Waals surface area contributed by atoms with Crippen LogP contribution in [-0.2, 0) is 15.4 Å². The lowest BCUT2D eigenvalue weighted by Gasteiger charge is -2.28. The van der Waals surface area contributed by atoms with Crippen LogP contribution < -0.4 is 0 Å². The molecule has 0 saturated carbocycles. The van der Waals surface area contributed by atoms with Crippen molar-refractivity contribution >= 4 is 32.7 Å². The predicted octanol–water partition coefficient (Wildman–Crippen LogP) is 2.92. The first-order chi connectivity index (χ1) is 11.1. The second-order valence-corrected chi connectivity index (χ2v) is 9.41. The predicted molar refractivity (Wildman–Crippen MR) is 91.7 cm³/mol. The summed E-state index contributed by atoms with van der Waals surface area (Å²) in [4.78, 5) is 4.37. The molecule has 1 saturated heterocycles. The summed E-state index contributed by atoms with van der Waals surface area (Å²) in [6, 6.07) is 3.19. The molecule has 1 aliphatic heterocycles. The zero-order valence-electron chi connectivity index (χ0n) is 13.9. The first-order valence-electron chi connectivity index (χ1n) is 7.88. The summed E-state index contributed by atoms with van der Waals surface area (Å²) in [5, 5.41) is 9.72. The van der Waals surface area contributed by atoms with E-state index in [4.69, 9.17) is 16.0 Å². The van der Waals surface area contributed by atoms with Crippen LogP contribution in [0.5, 0.6) is 0 Å². The molecule has 0 bridgehead atoms. The Hall–Kier alpha value is -1.15. The molecule has 0 radical (unpaired) electrons. The van der Waals surface area contributed by atoms with Crippen molar-refractivity contribution in [1.29, 1.82) is 0 Å². The Morgan fingerprint density at radius 2 is 1.92 bits per heavy atom. The van der Waals surface area contributed by atoms with E-state index < -0.39 is 16.1 Å². The number of aliphatic hydroxyl groups excluding tert-OH is 1. The van der Waals surface area contributed by atoms with Gasteiger partial charge in [0.2, 0.25) is 15.9 Å². The second kappa shape index (κ2) is 5.98. The van der Waals surface area contributed by atoms with Crippen LogP contribution in [-0.4, -0.2) is 42.0 Å². The summed E-state index contributed by atoms with van der Waals surface area (Å²) in [6.07, 6.45) is 0.368. The average Bonchev–Trinajstić information content (AvgIpc) is 2.91. The molecule has 6 nitrogen and oxygen atoms in total. The normalized spacial score (nSPS) is 18.4. The van der Waals surface area contributed by atoms with Crippen molar-refractivity contribution in [3.63, 3.8) is 0 Å². The zero-order chi connectivity index (χ0) is 17.7. The van der Waals surface area contributed by atoms with Crippen molar-refractivity contribution in [3.8, 4) is 0 Å². The van der Waals surface area contributed by atoms with E-state index in [1.165, 1.54) is 10.4 Å². The van der Waals surface area contributed by atoms with Gasteiger partial charge in [0, 0.05) is 18.5 Å². The number of halogens is 1. The number of piperidine rings is 1. The highest BCUT2D eigenvalue weighted by Crippen LogP contribution is 2.36. The number of hydrogen-bond acceptors (Lipinski definition) is 5. The zero-order valence-corrected chi connectivity index (χ0v) is 15.5. The fourth-order valence-corrected chi connectivity index (χ4v) is 4.80. The van der Waals surface area contributed by atoms with Crippen molar-refractivity contribution in [2.75, 3.05) is 13.1 Å². The number of sulfonamides is 1. The minimum Gasteiger partial charge on any atom is -0.439 e. The summed E-state index contributed by atoms with van der Waals surface area (Å²) in [7, 11) is -3.82. The van der Waals surface area contributed by atoms with Gasteiger partial charge in [0.15, 0.2) is 5.58 Å². The lowest BCUT2D eigenvalue weighted by atomic mass is 9.97. The molecule has 3 rings (SSSR count). The first kappa shape index (κ1) is 17.7. The number of nitrogens with zero attached hydrogens (tertiary/aromatic N) is 2. The number of fused-ring (bicyclic) bond motifs is 1. The van der Waals surface area contributed by atoms with Gasteiger partial charge in [0.1, 0.15) is 10.4 Å². The van der Waals surface area contributed by atoms with Crippen molar-refractivity contribution < 1.29 is 17.9 Å². The van der Waals surface area contributed by atoms with E-state index >= 15 is 0 Å². The van der Waals surface area contributed by atoms with Gasteiger partial charge >= 0.3 is 0 Å². The van der Waals surface area contributed by atoms with Crippen LogP contribution >= 0.6 is 11.6 Å². The molecular formula is C16H21ClN2O4S. The molecule has 1 aromatic carbocycles. The average molecular weight is 373 g/mol. The smallest absolute Gasteiger partial charge is 0.248 e. The van der Waals surface area contributed by atoms with Crippen molar-refractivity contribution in [1.82, 2.24) is 9.29 Å². The monoisotopic (exact) mass is 372 g/mol. The van der Waals surface area contributed by atoms with Gasteiger partial charge in [-0.25, -0.2) is 13.4 Å². The number of benzene rings is 1. The number of aliphatic hydroxyl groups is 1. The summed E-state index contributed by atoms with van der Waals surface area (Å²) >= 11 is 6.22. The van der Waals surface area contributed by atoms with E-state index in [0.29, 0.717) is 24.2 Å². The molecule has 2 heterocycles. The molecule has 0 unspecified atom stereocenters. The molecule has 0 spiro atoms. The van der Waals surface area contributed by atoms with Gasteiger partial charge in [-0.2, -0.15) is 4.31 Å². The topological polar surface area (TPSA) is 83.6 Å². The number of hydrogen-bond donors (Lipinski definition) is 1. The van der Waals surface area contributed by atoms with Crippen molar-refractivity contribution in [3.05, 3.63) is 23.0 Å². The largest absolute Gasteiger partial charge is 0.439 e. The molecule has 1 aromatic heterocycles. The van der Waals surface area contributed by atoms with Gasteiger partial charge in [-0.3, -0.25) is 0 Å². The summed E-state index contributed by atoms with van der Waals surface area (Å²) in [5.41, 5.74) is 0.320. The lowest BCUT2D eigenvalue weighted by Crippen LogP contribution is -2.40. The van der Waals surface area contributed by atoms with E-state index in [1.54, 1.807) is 6.07 Å². The van der Waals surface area contributed by atoms with Crippen molar-refractivity contribution in [2.24, 2.45) is 0 Å². The molecule has 0 atom stereocenters. The lowest BCUT2D eigenvalue weighted by molar-refractivity contribution is 0.113. The molecular weight excluding hydrogens is 352 g/mol. The third-order valence-corrected chi connectivity index (χ3v) is 6.52. The quantitative estimate of drug-likeness (QED) is 0.876. The van der Waals surface area contributed by atoms with E-state index in [9.17, 15) is 13.5 Å². The summed E-state index contributed by atoms with van der Waals surface area (Å²) in [6.45, 7) is 6.35. The molecule has 2 aromatic rings. The Morgan fingerprint density at radius 1 is 1.29 bits per heavy atom. The number of oxazole rings is 1. The molecule has 132 valence electrons. The highest BCUT2D eigenvalue weighted by Gasteiger charge is 2.34. The molecule has 0 aliphatic carbocycles. The van der Waals surface area contributed by atoms with E-state index in [2.05, 4.69) is 4.98 Å². The van der Waals surface area contributed by atoms with Crippen LogP contribution in [0.15, 0.2) is 21.4 Å². The molecule has 1 fully saturated rings. The Morgan fingerprint density at radius 3 is 2.50 bits per heavy atom. The number of aromatic nitrogens is 1. The van der Waals surface area contributed by atoms with E-state index in [0.717, 1.165) is 0 Å². The standard InChI is InChI=1S/C16H21ClN2O4S/c1-16(2,3)15-18-12-5-4-11(17)14(13(12)23-15)24(21,22)19-8-6-10(20)7-9-19/h4-5,10,20H,6-9H2,1-3H3. The first-order valence-corrected chi connectivity index (χ1v) is 9.70. The van der Waals surface area contributed by atoms with Gasteiger partial charge in [0.05, 0.1) is 11.1 Å². The summed E-state index contributed by atoms with van der Waals surface area (Å²) in [5.74, 6) is 0.463. The molecule has 8 heteroatoms. The maximum Gasteiger partial charge on any atom is 0.248 e. The van der Waals surface area contributed by atoms with Gasteiger partial charge in [-0.15, -0.1) is 0 Å². The molecule has 0 amide bonds.